The van der Waals surface area contributed by atoms with E-state index in [0.717, 1.165) is 12.8 Å². The molecule has 0 radical (unpaired) electrons. The highest BCUT2D eigenvalue weighted by atomic mass is 16.3. The molecule has 8 atom stereocenters. The van der Waals surface area contributed by atoms with Gasteiger partial charge in [-0.1, -0.05) is 64.8 Å². The molecule has 0 bridgehead atoms. The molecule has 0 saturated heterocycles. The van der Waals surface area contributed by atoms with Crippen LogP contribution in [0.2, 0.25) is 0 Å². The molecular formula is C30H50O3. The van der Waals surface area contributed by atoms with Gasteiger partial charge in [-0.15, -0.1) is 0 Å². The van der Waals surface area contributed by atoms with Crippen molar-refractivity contribution in [1.29, 1.82) is 0 Å². The van der Waals surface area contributed by atoms with Crippen molar-refractivity contribution in [1.82, 2.24) is 0 Å². The fourth-order valence-electron chi connectivity index (χ4n) is 9.31. The number of rotatable bonds is 4. The van der Waals surface area contributed by atoms with E-state index in [9.17, 15) is 15.3 Å². The molecular weight excluding hydrogens is 408 g/mol. The quantitative estimate of drug-likeness (QED) is 0.426. The molecule has 0 aromatic heterocycles. The number of fused-ring (bicyclic) bond motifs is 4. The van der Waals surface area contributed by atoms with Crippen molar-refractivity contribution in [2.75, 3.05) is 0 Å². The van der Waals surface area contributed by atoms with Gasteiger partial charge in [0.05, 0.1) is 17.8 Å². The molecule has 0 heterocycles. The summed E-state index contributed by atoms with van der Waals surface area (Å²) < 4.78 is 0. The van der Waals surface area contributed by atoms with Crippen molar-refractivity contribution in [2.24, 2.45) is 39.4 Å². The highest BCUT2D eigenvalue weighted by Gasteiger charge is 2.63. The summed E-state index contributed by atoms with van der Waals surface area (Å²) in [6.45, 7) is 17.9. The van der Waals surface area contributed by atoms with E-state index in [1.807, 2.05) is 6.08 Å². The third-order valence-electron chi connectivity index (χ3n) is 11.7. The molecule has 0 aromatic carbocycles. The molecule has 0 aliphatic heterocycles. The highest BCUT2D eigenvalue weighted by molar-refractivity contribution is 5.38. The summed E-state index contributed by atoms with van der Waals surface area (Å²) >= 11 is 0. The first-order chi connectivity index (χ1) is 15.1. The van der Waals surface area contributed by atoms with E-state index >= 15 is 0 Å². The lowest BCUT2D eigenvalue weighted by Crippen LogP contribution is -2.55. The number of hydrogen-bond acceptors (Lipinski definition) is 3. The summed E-state index contributed by atoms with van der Waals surface area (Å²) in [5.74, 6) is 1.21. The maximum absolute atomic E-state index is 11.0. The molecule has 3 unspecified atom stereocenters. The Morgan fingerprint density at radius 1 is 0.939 bits per heavy atom. The van der Waals surface area contributed by atoms with E-state index in [-0.39, 0.29) is 33.7 Å². The molecule has 3 nitrogen and oxygen atoms in total. The second-order valence-electron chi connectivity index (χ2n) is 14.1. The second kappa shape index (κ2) is 7.93. The van der Waals surface area contributed by atoms with Crippen molar-refractivity contribution < 1.29 is 15.3 Å². The Hall–Kier alpha value is -0.640. The lowest BCUT2D eigenvalue weighted by Gasteiger charge is -2.62. The molecule has 3 heteroatoms. The predicted octanol–water partition coefficient (Wildman–Crippen LogP) is 6.42. The Kier molecular flexibility index (Phi) is 6.12. The standard InChI is InChI=1S/C30H50O3/c1-19(23(31)13-15-26(2,3)33)20-11-17-30(8)22-9-10-24-27(4,5)25(32)14-16-28(24,6)21(22)12-18-29(20,30)7/h13,15,19-20,23-25,31-33H,9-12,14,16-18H2,1-8H3/b15-13+/t19-,20?,23?,24?,25-,28+,29+,30-/m0/s1. The van der Waals surface area contributed by atoms with Gasteiger partial charge in [0, 0.05) is 0 Å². The first kappa shape index (κ1) is 25.5. The Labute approximate surface area is 202 Å². The first-order valence-electron chi connectivity index (χ1n) is 13.6. The van der Waals surface area contributed by atoms with Crippen LogP contribution in [-0.4, -0.2) is 33.1 Å². The lowest BCUT2D eigenvalue weighted by molar-refractivity contribution is -0.0967. The Morgan fingerprint density at radius 2 is 1.61 bits per heavy atom. The minimum Gasteiger partial charge on any atom is -0.393 e. The number of aliphatic hydroxyl groups is 3. The predicted molar refractivity (Wildman–Crippen MR) is 136 cm³/mol. The summed E-state index contributed by atoms with van der Waals surface area (Å²) in [6, 6.07) is 0. The normalized spacial score (nSPS) is 44.9. The zero-order valence-electron chi connectivity index (χ0n) is 22.5. The summed E-state index contributed by atoms with van der Waals surface area (Å²) in [4.78, 5) is 0. The van der Waals surface area contributed by atoms with Gasteiger partial charge < -0.3 is 15.3 Å². The minimum atomic E-state index is -0.894. The van der Waals surface area contributed by atoms with Crippen LogP contribution in [0.25, 0.3) is 0 Å². The molecule has 33 heavy (non-hydrogen) atoms. The van der Waals surface area contributed by atoms with Gasteiger partial charge in [-0.3, -0.25) is 0 Å². The van der Waals surface area contributed by atoms with Crippen LogP contribution in [0.1, 0.15) is 107 Å². The molecule has 4 rings (SSSR count). The average Bonchev–Trinajstić information content (AvgIpc) is 3.00. The van der Waals surface area contributed by atoms with Gasteiger partial charge in [-0.25, -0.2) is 0 Å². The van der Waals surface area contributed by atoms with E-state index in [0.29, 0.717) is 11.8 Å². The molecule has 2 saturated carbocycles. The molecule has 4 aliphatic carbocycles. The Morgan fingerprint density at radius 3 is 2.24 bits per heavy atom. The van der Waals surface area contributed by atoms with Crippen molar-refractivity contribution in [2.45, 2.75) is 125 Å². The van der Waals surface area contributed by atoms with Crippen molar-refractivity contribution in [3.05, 3.63) is 23.3 Å². The number of allylic oxidation sites excluding steroid dienone is 2. The van der Waals surface area contributed by atoms with Gasteiger partial charge in [0.2, 0.25) is 0 Å². The van der Waals surface area contributed by atoms with E-state index < -0.39 is 11.7 Å². The fourth-order valence-corrected chi connectivity index (χ4v) is 9.31. The molecule has 2 fully saturated rings. The van der Waals surface area contributed by atoms with Crippen LogP contribution in [0.5, 0.6) is 0 Å². The maximum Gasteiger partial charge on any atom is 0.0772 e. The molecule has 188 valence electrons. The summed E-state index contributed by atoms with van der Waals surface area (Å²) in [7, 11) is 0. The van der Waals surface area contributed by atoms with Crippen LogP contribution in [0.15, 0.2) is 23.3 Å². The lowest BCUT2D eigenvalue weighted by atomic mass is 9.43. The van der Waals surface area contributed by atoms with E-state index in [1.165, 1.54) is 38.5 Å². The van der Waals surface area contributed by atoms with Crippen molar-refractivity contribution >= 4 is 0 Å². The number of hydrogen-bond donors (Lipinski definition) is 3. The van der Waals surface area contributed by atoms with Crippen LogP contribution in [0.4, 0.5) is 0 Å². The van der Waals surface area contributed by atoms with Crippen LogP contribution in [0.3, 0.4) is 0 Å². The van der Waals surface area contributed by atoms with Crippen LogP contribution in [-0.2, 0) is 0 Å². The van der Waals surface area contributed by atoms with Crippen molar-refractivity contribution in [3.8, 4) is 0 Å². The van der Waals surface area contributed by atoms with Gasteiger partial charge in [0.1, 0.15) is 0 Å². The second-order valence-corrected chi connectivity index (χ2v) is 14.1. The average molecular weight is 459 g/mol. The minimum absolute atomic E-state index is 0.0170. The first-order valence-corrected chi connectivity index (χ1v) is 13.6. The zero-order chi connectivity index (χ0) is 24.6. The van der Waals surface area contributed by atoms with E-state index in [1.54, 1.807) is 31.1 Å². The van der Waals surface area contributed by atoms with Crippen LogP contribution in [0, 0.1) is 39.4 Å². The third-order valence-corrected chi connectivity index (χ3v) is 11.7. The largest absolute Gasteiger partial charge is 0.393 e. The zero-order valence-corrected chi connectivity index (χ0v) is 22.5. The van der Waals surface area contributed by atoms with Crippen LogP contribution >= 0.6 is 0 Å². The van der Waals surface area contributed by atoms with Gasteiger partial charge in [-0.2, -0.15) is 0 Å². The molecule has 3 N–H and O–H groups in total. The molecule has 0 spiro atoms. The topological polar surface area (TPSA) is 60.7 Å². The SMILES string of the molecule is C[C@H](C(O)/C=C/C(C)(C)O)C1CC[C@@]2(C)C3=C(CC[C@]12C)[C@@]1(C)CC[C@H](O)C(C)(C)C1CC3. The third kappa shape index (κ3) is 3.71. The van der Waals surface area contributed by atoms with Crippen molar-refractivity contribution in [3.63, 3.8) is 0 Å². The summed E-state index contributed by atoms with van der Waals surface area (Å²) in [5.41, 5.74) is 3.20. The van der Waals surface area contributed by atoms with Crippen LogP contribution < -0.4 is 0 Å². The molecule has 0 aromatic rings. The van der Waals surface area contributed by atoms with E-state index in [4.69, 9.17) is 0 Å². The van der Waals surface area contributed by atoms with Gasteiger partial charge in [0.25, 0.3) is 0 Å². The Balaban J connectivity index is 1.66. The maximum atomic E-state index is 11.0. The monoisotopic (exact) mass is 458 g/mol. The molecule has 4 aliphatic rings. The van der Waals surface area contributed by atoms with Gasteiger partial charge in [-0.05, 0) is 105 Å². The summed E-state index contributed by atoms with van der Waals surface area (Å²) in [6.07, 6.45) is 12.0. The van der Waals surface area contributed by atoms with E-state index in [2.05, 4.69) is 41.5 Å². The van der Waals surface area contributed by atoms with Gasteiger partial charge >= 0.3 is 0 Å². The smallest absolute Gasteiger partial charge is 0.0772 e. The summed E-state index contributed by atoms with van der Waals surface area (Å²) in [5, 5.41) is 31.9. The number of aliphatic hydroxyl groups excluding tert-OH is 2. The Bertz CT molecular complexity index is 832. The fraction of sp³-hybridized carbons (Fsp3) is 0.867. The van der Waals surface area contributed by atoms with Gasteiger partial charge in [0.15, 0.2) is 0 Å². The molecule has 0 amide bonds. The highest BCUT2D eigenvalue weighted by Crippen LogP contribution is 2.72.